The number of hydrogen-bond acceptors (Lipinski definition) is 8. The van der Waals surface area contributed by atoms with E-state index in [-0.39, 0.29) is 36.2 Å². The van der Waals surface area contributed by atoms with E-state index in [0.717, 1.165) is 36.0 Å². The van der Waals surface area contributed by atoms with Crippen LogP contribution < -0.4 is 10.6 Å². The molecular weight excluding hydrogens is 570 g/mol. The average molecular weight is 608 g/mol. The summed E-state index contributed by atoms with van der Waals surface area (Å²) >= 11 is 1.33. The van der Waals surface area contributed by atoms with Crippen LogP contribution >= 0.6 is 11.8 Å². The Balaban J connectivity index is 1.39. The van der Waals surface area contributed by atoms with Gasteiger partial charge in [0.25, 0.3) is 0 Å². The number of amides is 2. The van der Waals surface area contributed by atoms with E-state index in [0.29, 0.717) is 35.9 Å². The normalized spacial score (nSPS) is 18.1. The lowest BCUT2D eigenvalue weighted by Crippen LogP contribution is -2.31. The second-order valence-electron chi connectivity index (χ2n) is 10.3. The molecule has 0 bridgehead atoms. The molecule has 43 heavy (non-hydrogen) atoms. The highest BCUT2D eigenvalue weighted by atomic mass is 32.2. The number of carbonyl (C=O) groups excluding carboxylic acids is 2. The van der Waals surface area contributed by atoms with Crippen LogP contribution in [0.15, 0.2) is 71.9 Å². The maximum absolute atomic E-state index is 12.4. The first-order chi connectivity index (χ1) is 20.8. The summed E-state index contributed by atoms with van der Waals surface area (Å²) in [5.74, 6) is -0.680. The first-order valence-corrected chi connectivity index (χ1v) is 15.3. The summed E-state index contributed by atoms with van der Waals surface area (Å²) in [6.07, 6.45) is 3.70. The summed E-state index contributed by atoms with van der Waals surface area (Å²) in [5, 5.41) is 25.1. The number of benzene rings is 2. The van der Waals surface area contributed by atoms with Crippen molar-refractivity contribution in [3.63, 3.8) is 0 Å². The van der Waals surface area contributed by atoms with E-state index < -0.39 is 12.3 Å². The van der Waals surface area contributed by atoms with Gasteiger partial charge in [-0.15, -0.1) is 11.8 Å². The highest BCUT2D eigenvalue weighted by Gasteiger charge is 2.32. The van der Waals surface area contributed by atoms with Gasteiger partial charge >= 0.3 is 5.97 Å². The molecule has 0 spiro atoms. The van der Waals surface area contributed by atoms with Crippen molar-refractivity contribution in [3.8, 4) is 0 Å². The van der Waals surface area contributed by atoms with Crippen LogP contribution in [0.1, 0.15) is 78.5 Å². The molecule has 3 unspecified atom stereocenters. The lowest BCUT2D eigenvalue weighted by molar-refractivity contribution is -0.245. The molecule has 0 aliphatic carbocycles. The number of aromatic carboxylic acids is 1. The number of aliphatic hydroxyl groups excluding tert-OH is 1. The fourth-order valence-electron chi connectivity index (χ4n) is 4.66. The number of pyridine rings is 1. The minimum atomic E-state index is -1.03. The second-order valence-corrected chi connectivity index (χ2v) is 11.3. The van der Waals surface area contributed by atoms with Crippen molar-refractivity contribution < 1.29 is 34.1 Å². The fourth-order valence-corrected chi connectivity index (χ4v) is 5.67. The number of carbonyl (C=O) groups is 3. The number of rotatable bonds is 14. The molecule has 10 nitrogen and oxygen atoms in total. The van der Waals surface area contributed by atoms with Crippen LogP contribution in [0.4, 0.5) is 5.69 Å². The number of nitrogens with zero attached hydrogens (tertiary/aromatic N) is 1. The van der Waals surface area contributed by atoms with Crippen LogP contribution in [-0.2, 0) is 25.7 Å². The first kappa shape index (κ1) is 32.2. The monoisotopic (exact) mass is 607 g/mol. The Bertz CT molecular complexity index is 1370. The molecule has 1 aliphatic heterocycles. The van der Waals surface area contributed by atoms with E-state index >= 15 is 0 Å². The number of aliphatic hydroxyl groups is 1. The molecule has 4 rings (SSSR count). The van der Waals surface area contributed by atoms with Gasteiger partial charge in [-0.05, 0) is 48.2 Å². The molecule has 1 saturated heterocycles. The lowest BCUT2D eigenvalue weighted by Gasteiger charge is -2.36. The number of hydrogen-bond donors (Lipinski definition) is 4. The molecule has 228 valence electrons. The molecule has 3 atom stereocenters. The van der Waals surface area contributed by atoms with Gasteiger partial charge < -0.3 is 30.3 Å². The molecule has 3 aromatic rings. The Labute approximate surface area is 255 Å². The van der Waals surface area contributed by atoms with Crippen molar-refractivity contribution in [3.05, 3.63) is 89.1 Å². The third-order valence-electron chi connectivity index (χ3n) is 6.94. The van der Waals surface area contributed by atoms with Crippen molar-refractivity contribution in [1.29, 1.82) is 0 Å². The van der Waals surface area contributed by atoms with Gasteiger partial charge in [-0.1, -0.05) is 42.8 Å². The van der Waals surface area contributed by atoms with Crippen molar-refractivity contribution in [2.75, 3.05) is 17.6 Å². The van der Waals surface area contributed by atoms with E-state index in [1.807, 2.05) is 48.5 Å². The molecule has 4 N–H and O–H groups in total. The van der Waals surface area contributed by atoms with Gasteiger partial charge in [-0.2, -0.15) is 0 Å². The largest absolute Gasteiger partial charge is 0.478 e. The number of anilines is 1. The zero-order valence-corrected chi connectivity index (χ0v) is 24.8. The molecule has 1 aliphatic rings. The third kappa shape index (κ3) is 9.89. The zero-order valence-electron chi connectivity index (χ0n) is 24.0. The number of carboxylic acids is 1. The van der Waals surface area contributed by atoms with Gasteiger partial charge in [-0.25, -0.2) is 9.78 Å². The topological polar surface area (TPSA) is 147 Å². The Morgan fingerprint density at radius 2 is 1.72 bits per heavy atom. The van der Waals surface area contributed by atoms with Gasteiger partial charge in [0, 0.05) is 49.5 Å². The first-order valence-electron chi connectivity index (χ1n) is 14.3. The maximum Gasteiger partial charge on any atom is 0.338 e. The number of nitrogens with one attached hydrogen (secondary N) is 2. The molecule has 2 amide bonds. The van der Waals surface area contributed by atoms with Crippen LogP contribution in [0.25, 0.3) is 0 Å². The Kier molecular flexibility index (Phi) is 12.1. The van der Waals surface area contributed by atoms with Crippen molar-refractivity contribution in [2.45, 2.75) is 69.2 Å². The number of unbranched alkanes of at least 4 members (excludes halogenated alkanes) is 2. The van der Waals surface area contributed by atoms with Crippen molar-refractivity contribution in [1.82, 2.24) is 10.3 Å². The van der Waals surface area contributed by atoms with Gasteiger partial charge in [0.1, 0.15) is 5.03 Å². The van der Waals surface area contributed by atoms with E-state index in [9.17, 15) is 24.6 Å². The fraction of sp³-hybridized carbons (Fsp3) is 0.375. The summed E-state index contributed by atoms with van der Waals surface area (Å²) in [5.41, 5.74) is 3.35. The van der Waals surface area contributed by atoms with E-state index in [4.69, 9.17) is 9.47 Å². The summed E-state index contributed by atoms with van der Waals surface area (Å²) < 4.78 is 12.7. The molecule has 0 saturated carbocycles. The molecular formula is C32H37N3O7S. The van der Waals surface area contributed by atoms with Crippen LogP contribution in [-0.4, -0.2) is 51.4 Å². The number of ether oxygens (including phenoxy) is 2. The molecule has 1 aromatic heterocycles. The Hall–Kier alpha value is -3.77. The molecule has 0 radical (unpaired) electrons. The number of carboxylic acid groups (broad SMARTS) is 1. The van der Waals surface area contributed by atoms with E-state index in [2.05, 4.69) is 15.6 Å². The number of aromatic nitrogens is 1. The summed E-state index contributed by atoms with van der Waals surface area (Å²) in [6.45, 7) is 2.05. The van der Waals surface area contributed by atoms with Crippen LogP contribution in [0, 0.1) is 0 Å². The predicted octanol–water partition coefficient (Wildman–Crippen LogP) is 5.24. The van der Waals surface area contributed by atoms with Crippen LogP contribution in [0.3, 0.4) is 0 Å². The molecule has 1 fully saturated rings. The highest BCUT2D eigenvalue weighted by molar-refractivity contribution is 7.99. The maximum atomic E-state index is 12.4. The number of thioether (sulfide) groups is 1. The molecule has 2 aromatic carbocycles. The summed E-state index contributed by atoms with van der Waals surface area (Å²) in [4.78, 5) is 39.2. The van der Waals surface area contributed by atoms with Gasteiger partial charge in [-0.3, -0.25) is 9.59 Å². The van der Waals surface area contributed by atoms with Gasteiger partial charge in [0.15, 0.2) is 6.29 Å². The Morgan fingerprint density at radius 3 is 2.42 bits per heavy atom. The zero-order chi connectivity index (χ0) is 30.6. The SMILES string of the molecule is CC(=O)NCCCCCC(=O)Nc1ccc(C2OC(CSc3ncccc3C(=O)O)CC(c3ccc(CO)cc3)O2)cc1. The van der Waals surface area contributed by atoms with E-state index in [1.54, 1.807) is 12.3 Å². The van der Waals surface area contributed by atoms with Crippen LogP contribution in [0.2, 0.25) is 0 Å². The predicted molar refractivity (Wildman–Crippen MR) is 163 cm³/mol. The molecule has 11 heteroatoms. The van der Waals surface area contributed by atoms with Crippen molar-refractivity contribution >= 4 is 35.2 Å². The van der Waals surface area contributed by atoms with Gasteiger partial charge in [0.2, 0.25) is 11.8 Å². The second kappa shape index (κ2) is 16.2. The quantitative estimate of drug-likeness (QED) is 0.143. The third-order valence-corrected chi connectivity index (χ3v) is 8.08. The molecule has 2 heterocycles. The standard InChI is InChI=1S/C32H37N3O7S/c1-21(37)33-16-4-2-3-7-29(38)35-25-14-12-24(13-15-25)32-41-26(20-43-30-27(31(39)40)6-5-17-34-30)18-28(42-32)23-10-8-22(19-36)9-11-23/h5-6,8-15,17,26,28,32,36H,2-4,7,16,18-20H2,1H3,(H,33,37)(H,35,38)(H,39,40). The minimum absolute atomic E-state index is 0.0473. The summed E-state index contributed by atoms with van der Waals surface area (Å²) in [6, 6.07) is 18.1. The average Bonchev–Trinajstić information content (AvgIpc) is 3.02. The minimum Gasteiger partial charge on any atom is -0.478 e. The van der Waals surface area contributed by atoms with Gasteiger partial charge in [0.05, 0.1) is 24.4 Å². The van der Waals surface area contributed by atoms with Crippen LogP contribution in [0.5, 0.6) is 0 Å². The summed E-state index contributed by atoms with van der Waals surface area (Å²) in [7, 11) is 0. The van der Waals surface area contributed by atoms with E-state index in [1.165, 1.54) is 24.8 Å². The Morgan fingerprint density at radius 1 is 0.977 bits per heavy atom. The lowest BCUT2D eigenvalue weighted by atomic mass is 10.0. The highest BCUT2D eigenvalue weighted by Crippen LogP contribution is 2.39. The van der Waals surface area contributed by atoms with Crippen molar-refractivity contribution in [2.24, 2.45) is 0 Å². The smallest absolute Gasteiger partial charge is 0.338 e.